The maximum atomic E-state index is 11.5. The number of nitrogens with one attached hydrogen (secondary N) is 2. The van der Waals surface area contributed by atoms with Crippen LogP contribution in [0.1, 0.15) is 5.56 Å². The van der Waals surface area contributed by atoms with Crippen molar-refractivity contribution in [2.24, 2.45) is 0 Å². The van der Waals surface area contributed by atoms with Gasteiger partial charge in [0.05, 0.1) is 13.7 Å². The first-order valence-electron chi connectivity index (χ1n) is 5.69. The standard InChI is InChI=1S/C12H15ClN2O5/c1-20-10-4-2-3-8(13)7(10)5-14-12(19)15-9(6-16)11(17)18/h2-4,9,16H,5-6H2,1H3,(H,17,18)(H2,14,15,19). The Morgan fingerprint density at radius 1 is 1.45 bits per heavy atom. The molecule has 7 nitrogen and oxygen atoms in total. The van der Waals surface area contributed by atoms with Crippen LogP contribution in [-0.4, -0.2) is 42.0 Å². The van der Waals surface area contributed by atoms with Crippen LogP contribution < -0.4 is 15.4 Å². The number of carboxylic acids is 1. The largest absolute Gasteiger partial charge is 0.496 e. The summed E-state index contributed by atoms with van der Waals surface area (Å²) in [5.74, 6) is -0.812. The van der Waals surface area contributed by atoms with Crippen molar-refractivity contribution in [2.75, 3.05) is 13.7 Å². The molecule has 0 heterocycles. The van der Waals surface area contributed by atoms with Crippen molar-refractivity contribution in [1.82, 2.24) is 10.6 Å². The minimum Gasteiger partial charge on any atom is -0.496 e. The highest BCUT2D eigenvalue weighted by Gasteiger charge is 2.18. The minimum absolute atomic E-state index is 0.0620. The van der Waals surface area contributed by atoms with E-state index >= 15 is 0 Å². The normalized spacial score (nSPS) is 11.6. The number of rotatable bonds is 6. The summed E-state index contributed by atoms with van der Waals surface area (Å²) in [4.78, 5) is 22.2. The van der Waals surface area contributed by atoms with Crippen LogP contribution in [0.3, 0.4) is 0 Å². The van der Waals surface area contributed by atoms with E-state index in [4.69, 9.17) is 26.6 Å². The van der Waals surface area contributed by atoms with Crippen molar-refractivity contribution < 1.29 is 24.5 Å². The molecule has 0 bridgehead atoms. The first kappa shape index (κ1) is 16.1. The lowest BCUT2D eigenvalue weighted by atomic mass is 10.2. The Morgan fingerprint density at radius 2 is 2.15 bits per heavy atom. The van der Waals surface area contributed by atoms with Crippen LogP contribution in [0, 0.1) is 0 Å². The Balaban J connectivity index is 2.63. The van der Waals surface area contributed by atoms with Gasteiger partial charge in [-0.3, -0.25) is 0 Å². The predicted octanol–water partition coefficient (Wildman–Crippen LogP) is 0.593. The van der Waals surface area contributed by atoms with E-state index in [0.717, 1.165) is 0 Å². The van der Waals surface area contributed by atoms with E-state index in [9.17, 15) is 9.59 Å². The third kappa shape index (κ3) is 4.29. The number of halogens is 1. The van der Waals surface area contributed by atoms with E-state index in [1.165, 1.54) is 7.11 Å². The summed E-state index contributed by atoms with van der Waals surface area (Å²) in [5, 5.41) is 22.5. The Morgan fingerprint density at radius 3 is 2.70 bits per heavy atom. The molecule has 1 unspecified atom stereocenters. The first-order valence-corrected chi connectivity index (χ1v) is 6.06. The first-order chi connectivity index (χ1) is 9.49. The molecular weight excluding hydrogens is 288 g/mol. The number of carbonyl (C=O) groups is 2. The van der Waals surface area contributed by atoms with Gasteiger partial charge in [0, 0.05) is 17.1 Å². The van der Waals surface area contributed by atoms with Crippen LogP contribution in [0.2, 0.25) is 5.02 Å². The van der Waals surface area contributed by atoms with Crippen LogP contribution in [0.25, 0.3) is 0 Å². The van der Waals surface area contributed by atoms with Gasteiger partial charge >= 0.3 is 12.0 Å². The van der Waals surface area contributed by atoms with Gasteiger partial charge in [-0.15, -0.1) is 0 Å². The van der Waals surface area contributed by atoms with Gasteiger partial charge in [0.1, 0.15) is 5.75 Å². The van der Waals surface area contributed by atoms with Crippen LogP contribution in [0.5, 0.6) is 5.75 Å². The number of carbonyl (C=O) groups excluding carboxylic acids is 1. The highest BCUT2D eigenvalue weighted by atomic mass is 35.5. The Labute approximate surface area is 120 Å². The van der Waals surface area contributed by atoms with Crippen LogP contribution >= 0.6 is 11.6 Å². The Hall–Kier alpha value is -1.99. The number of benzene rings is 1. The monoisotopic (exact) mass is 302 g/mol. The van der Waals surface area contributed by atoms with Crippen molar-refractivity contribution >= 4 is 23.6 Å². The van der Waals surface area contributed by atoms with E-state index in [2.05, 4.69) is 10.6 Å². The predicted molar refractivity (Wildman–Crippen MR) is 71.9 cm³/mol. The average Bonchev–Trinajstić information content (AvgIpc) is 2.42. The molecule has 1 aromatic carbocycles. The zero-order chi connectivity index (χ0) is 15.1. The molecule has 0 saturated heterocycles. The van der Waals surface area contributed by atoms with E-state index in [-0.39, 0.29) is 6.54 Å². The highest BCUT2D eigenvalue weighted by Crippen LogP contribution is 2.25. The number of amides is 2. The lowest BCUT2D eigenvalue weighted by Gasteiger charge is -2.14. The van der Waals surface area contributed by atoms with Crippen molar-refractivity contribution in [3.05, 3.63) is 28.8 Å². The fourth-order valence-electron chi connectivity index (χ4n) is 1.47. The highest BCUT2D eigenvalue weighted by molar-refractivity contribution is 6.31. The number of aliphatic hydroxyl groups is 1. The second-order valence-electron chi connectivity index (χ2n) is 3.82. The molecule has 0 radical (unpaired) electrons. The maximum Gasteiger partial charge on any atom is 0.328 e. The summed E-state index contributed by atoms with van der Waals surface area (Å²) in [6.07, 6.45) is 0. The van der Waals surface area contributed by atoms with E-state index in [1.807, 2.05) is 0 Å². The SMILES string of the molecule is COc1cccc(Cl)c1CNC(=O)NC(CO)C(=O)O. The van der Waals surface area contributed by atoms with E-state index < -0.39 is 24.6 Å². The van der Waals surface area contributed by atoms with E-state index in [0.29, 0.717) is 16.3 Å². The number of ether oxygens (including phenoxy) is 1. The number of carboxylic acid groups (broad SMARTS) is 1. The summed E-state index contributed by atoms with van der Waals surface area (Å²) < 4.78 is 5.11. The molecule has 4 N–H and O–H groups in total. The third-order valence-electron chi connectivity index (χ3n) is 2.51. The molecule has 0 aliphatic carbocycles. The molecule has 0 aliphatic heterocycles. The number of hydrogen-bond donors (Lipinski definition) is 4. The molecule has 8 heteroatoms. The number of methoxy groups -OCH3 is 1. The Kier molecular flexibility index (Phi) is 6.08. The molecule has 110 valence electrons. The summed E-state index contributed by atoms with van der Waals surface area (Å²) >= 11 is 5.99. The summed E-state index contributed by atoms with van der Waals surface area (Å²) in [6.45, 7) is -0.634. The molecule has 20 heavy (non-hydrogen) atoms. The van der Waals surface area contributed by atoms with Gasteiger partial charge in [-0.1, -0.05) is 17.7 Å². The van der Waals surface area contributed by atoms with Gasteiger partial charge in [-0.05, 0) is 12.1 Å². The summed E-state index contributed by atoms with van der Waals surface area (Å²) in [7, 11) is 1.47. The molecule has 0 spiro atoms. The smallest absolute Gasteiger partial charge is 0.328 e. The number of aliphatic carboxylic acids is 1. The van der Waals surface area contributed by atoms with Gasteiger partial charge < -0.3 is 25.6 Å². The third-order valence-corrected chi connectivity index (χ3v) is 2.86. The minimum atomic E-state index is -1.36. The van der Waals surface area contributed by atoms with Gasteiger partial charge in [-0.2, -0.15) is 0 Å². The number of aliphatic hydroxyl groups excluding tert-OH is 1. The average molecular weight is 303 g/mol. The summed E-state index contributed by atoms with van der Waals surface area (Å²) in [5.41, 5.74) is 0.572. The van der Waals surface area contributed by atoms with Gasteiger partial charge in [0.25, 0.3) is 0 Å². The van der Waals surface area contributed by atoms with Crippen LogP contribution in [-0.2, 0) is 11.3 Å². The fourth-order valence-corrected chi connectivity index (χ4v) is 1.70. The lowest BCUT2D eigenvalue weighted by molar-refractivity contribution is -0.140. The Bertz CT molecular complexity index is 495. The molecule has 0 aromatic heterocycles. The topological polar surface area (TPSA) is 108 Å². The van der Waals surface area contributed by atoms with Crippen LogP contribution in [0.4, 0.5) is 4.79 Å². The van der Waals surface area contributed by atoms with Crippen molar-refractivity contribution in [2.45, 2.75) is 12.6 Å². The zero-order valence-corrected chi connectivity index (χ0v) is 11.5. The van der Waals surface area contributed by atoms with Gasteiger partial charge in [-0.25, -0.2) is 9.59 Å². The van der Waals surface area contributed by atoms with Gasteiger partial charge in [0.15, 0.2) is 6.04 Å². The molecule has 2 amide bonds. The van der Waals surface area contributed by atoms with Crippen molar-refractivity contribution in [3.8, 4) is 5.75 Å². The number of urea groups is 1. The molecule has 0 aliphatic rings. The second-order valence-corrected chi connectivity index (χ2v) is 4.23. The van der Waals surface area contributed by atoms with Gasteiger partial charge in [0.2, 0.25) is 0 Å². The van der Waals surface area contributed by atoms with Crippen LogP contribution in [0.15, 0.2) is 18.2 Å². The van der Waals surface area contributed by atoms with E-state index in [1.54, 1.807) is 18.2 Å². The fraction of sp³-hybridized carbons (Fsp3) is 0.333. The second kappa shape index (κ2) is 7.56. The molecular formula is C12H15ClN2O5. The summed E-state index contributed by atoms with van der Waals surface area (Å²) in [6, 6.07) is 2.95. The lowest BCUT2D eigenvalue weighted by Crippen LogP contribution is -2.47. The quantitative estimate of drug-likeness (QED) is 0.615. The van der Waals surface area contributed by atoms with Crippen molar-refractivity contribution in [3.63, 3.8) is 0 Å². The molecule has 0 fully saturated rings. The molecule has 1 atom stereocenters. The maximum absolute atomic E-state index is 11.5. The zero-order valence-electron chi connectivity index (χ0n) is 10.7. The molecule has 0 saturated carbocycles. The molecule has 1 rings (SSSR count). The number of hydrogen-bond acceptors (Lipinski definition) is 4. The van der Waals surface area contributed by atoms with Crippen molar-refractivity contribution in [1.29, 1.82) is 0 Å². The molecule has 1 aromatic rings.